The van der Waals surface area contributed by atoms with Gasteiger partial charge < -0.3 is 10.4 Å². The number of amides is 1. The van der Waals surface area contributed by atoms with Gasteiger partial charge in [-0.05, 0) is 39.8 Å². The summed E-state index contributed by atoms with van der Waals surface area (Å²) in [6.07, 6.45) is 5.07. The number of nitrogens with one attached hydrogen (secondary N) is 1. The Morgan fingerprint density at radius 1 is 1.31 bits per heavy atom. The van der Waals surface area contributed by atoms with Crippen molar-refractivity contribution in [2.24, 2.45) is 0 Å². The van der Waals surface area contributed by atoms with Crippen LogP contribution in [0.1, 0.15) is 38.1 Å². The van der Waals surface area contributed by atoms with E-state index in [0.717, 1.165) is 10.6 Å². The Balaban J connectivity index is 2.15. The maximum absolute atomic E-state index is 12.6. The lowest BCUT2D eigenvalue weighted by Crippen LogP contribution is -2.35. The van der Waals surface area contributed by atoms with Crippen LogP contribution < -0.4 is 5.32 Å². The minimum Gasteiger partial charge on any atom is -0.479 e. The molecule has 1 amide bonds. The van der Waals surface area contributed by atoms with E-state index in [0.29, 0.717) is 11.3 Å². The van der Waals surface area contributed by atoms with Crippen LogP contribution in [0.25, 0.3) is 0 Å². The highest BCUT2D eigenvalue weighted by atomic mass is 32.2. The van der Waals surface area contributed by atoms with Crippen molar-refractivity contribution in [3.8, 4) is 0 Å². The van der Waals surface area contributed by atoms with Gasteiger partial charge >= 0.3 is 5.97 Å². The van der Waals surface area contributed by atoms with E-state index < -0.39 is 11.5 Å². The Kier molecular flexibility index (Phi) is 6.26. The highest BCUT2D eigenvalue weighted by Gasteiger charge is 2.30. The maximum atomic E-state index is 12.6. The van der Waals surface area contributed by atoms with E-state index in [1.54, 1.807) is 31.7 Å². The smallest absolute Gasteiger partial charge is 0.331 e. The van der Waals surface area contributed by atoms with Crippen LogP contribution in [0.5, 0.6) is 0 Å². The van der Waals surface area contributed by atoms with Crippen LogP contribution in [0.3, 0.4) is 0 Å². The molecule has 1 aromatic carbocycles. The number of aliphatic carboxylic acids is 1. The number of hydrogen-bond acceptors (Lipinski definition) is 4. The first-order valence-corrected chi connectivity index (χ1v) is 9.15. The molecule has 0 aliphatic rings. The average Bonchev–Trinajstić information content (AvgIpc) is 3.04. The van der Waals surface area contributed by atoms with Gasteiger partial charge in [-0.25, -0.2) is 4.79 Å². The molecule has 138 valence electrons. The van der Waals surface area contributed by atoms with Crippen molar-refractivity contribution >= 4 is 29.3 Å². The Bertz CT molecular complexity index is 836. The molecule has 2 N–H and O–H groups in total. The predicted molar refractivity (Wildman–Crippen MR) is 104 cm³/mol. The molecule has 0 unspecified atom stereocenters. The first-order chi connectivity index (χ1) is 12.2. The van der Waals surface area contributed by atoms with Gasteiger partial charge in [0.25, 0.3) is 5.91 Å². The summed E-state index contributed by atoms with van der Waals surface area (Å²) in [4.78, 5) is 24.8. The lowest BCUT2D eigenvalue weighted by molar-refractivity contribution is -0.146. The third kappa shape index (κ3) is 4.76. The number of carboxylic acid groups (broad SMARTS) is 1. The number of hydrogen-bond donors (Lipinski definition) is 2. The molecule has 26 heavy (non-hydrogen) atoms. The summed E-state index contributed by atoms with van der Waals surface area (Å²) in [6, 6.07) is 7.40. The predicted octanol–water partition coefficient (Wildman–Crippen LogP) is 4.01. The lowest BCUT2D eigenvalue weighted by Gasteiger charge is -2.19. The number of thioether (sulfide) groups is 1. The molecule has 1 heterocycles. The van der Waals surface area contributed by atoms with E-state index in [-0.39, 0.29) is 5.91 Å². The minimum absolute atomic E-state index is 0.252. The van der Waals surface area contributed by atoms with Crippen LogP contribution in [0.2, 0.25) is 0 Å². The Labute approximate surface area is 157 Å². The number of nitrogens with zero attached hydrogens (tertiary/aromatic N) is 2. The van der Waals surface area contributed by atoms with E-state index in [9.17, 15) is 14.7 Å². The van der Waals surface area contributed by atoms with Gasteiger partial charge in [0.05, 0.1) is 17.4 Å². The zero-order valence-electron chi connectivity index (χ0n) is 15.3. The van der Waals surface area contributed by atoms with Crippen molar-refractivity contribution in [3.63, 3.8) is 0 Å². The fraction of sp³-hybridized carbons (Fsp3) is 0.316. The molecule has 0 atom stereocenters. The summed E-state index contributed by atoms with van der Waals surface area (Å²) in [5.41, 5.74) is 1.06. The average molecular weight is 373 g/mol. The van der Waals surface area contributed by atoms with Crippen molar-refractivity contribution in [1.29, 1.82) is 0 Å². The Morgan fingerprint density at radius 2 is 2.00 bits per heavy atom. The molecule has 0 aliphatic heterocycles. The van der Waals surface area contributed by atoms with Gasteiger partial charge in [-0.2, -0.15) is 5.10 Å². The zero-order chi connectivity index (χ0) is 19.3. The van der Waals surface area contributed by atoms with E-state index >= 15 is 0 Å². The molecule has 7 heteroatoms. The SMILES string of the molecule is CC(C)=CCSc1ccccc1C(=O)Nc1cnn(C(C)(C)C(=O)O)c1. The molecule has 0 fully saturated rings. The first kappa shape index (κ1) is 19.8. The third-order valence-corrected chi connectivity index (χ3v) is 4.80. The topological polar surface area (TPSA) is 84.2 Å². The van der Waals surface area contributed by atoms with Crippen molar-refractivity contribution in [1.82, 2.24) is 9.78 Å². The van der Waals surface area contributed by atoms with E-state index in [2.05, 4.69) is 16.5 Å². The number of aromatic nitrogens is 2. The minimum atomic E-state index is -1.19. The fourth-order valence-corrected chi connectivity index (χ4v) is 3.15. The van der Waals surface area contributed by atoms with Gasteiger partial charge in [0.2, 0.25) is 0 Å². The zero-order valence-corrected chi connectivity index (χ0v) is 16.1. The lowest BCUT2D eigenvalue weighted by atomic mass is 10.1. The van der Waals surface area contributed by atoms with Gasteiger partial charge in [0.1, 0.15) is 0 Å². The standard InChI is InChI=1S/C19H23N3O3S/c1-13(2)9-10-26-16-8-6-5-7-15(16)17(23)21-14-11-20-22(12-14)19(3,4)18(24)25/h5-9,11-12H,10H2,1-4H3,(H,21,23)(H,24,25). The number of carbonyl (C=O) groups excluding carboxylic acids is 1. The van der Waals surface area contributed by atoms with Crippen LogP contribution in [-0.4, -0.2) is 32.5 Å². The van der Waals surface area contributed by atoms with E-state index in [4.69, 9.17) is 0 Å². The molecule has 0 bridgehead atoms. The molecule has 2 aromatic rings. The summed E-state index contributed by atoms with van der Waals surface area (Å²) in [7, 11) is 0. The van der Waals surface area contributed by atoms with Gasteiger partial charge in [0.15, 0.2) is 5.54 Å². The second-order valence-corrected chi connectivity index (χ2v) is 7.64. The number of allylic oxidation sites excluding steroid dienone is 1. The first-order valence-electron chi connectivity index (χ1n) is 8.17. The van der Waals surface area contributed by atoms with Crippen LogP contribution in [0.15, 0.2) is 53.2 Å². The summed E-state index contributed by atoms with van der Waals surface area (Å²) in [5, 5.41) is 16.1. The highest BCUT2D eigenvalue weighted by Crippen LogP contribution is 2.24. The summed E-state index contributed by atoms with van der Waals surface area (Å²) >= 11 is 1.59. The van der Waals surface area contributed by atoms with Gasteiger partial charge in [-0.15, -0.1) is 11.8 Å². The molecule has 0 saturated heterocycles. The van der Waals surface area contributed by atoms with Gasteiger partial charge in [0, 0.05) is 16.8 Å². The number of carboxylic acids is 1. The Hall–Kier alpha value is -2.54. The number of benzene rings is 1. The quantitative estimate of drug-likeness (QED) is 0.566. The van der Waals surface area contributed by atoms with Crippen molar-refractivity contribution in [2.45, 2.75) is 38.1 Å². The van der Waals surface area contributed by atoms with Crippen LogP contribution in [-0.2, 0) is 10.3 Å². The number of rotatable bonds is 7. The van der Waals surface area contributed by atoms with Crippen molar-refractivity contribution in [3.05, 3.63) is 53.9 Å². The summed E-state index contributed by atoms with van der Waals surface area (Å²) in [5.74, 6) is -0.463. The molecule has 0 radical (unpaired) electrons. The Morgan fingerprint density at radius 3 is 2.65 bits per heavy atom. The van der Waals surface area contributed by atoms with Crippen LogP contribution >= 0.6 is 11.8 Å². The number of anilines is 1. The highest BCUT2D eigenvalue weighted by molar-refractivity contribution is 7.99. The third-order valence-electron chi connectivity index (χ3n) is 3.80. The second kappa shape index (κ2) is 8.23. The van der Waals surface area contributed by atoms with Crippen molar-refractivity contribution < 1.29 is 14.7 Å². The monoisotopic (exact) mass is 373 g/mol. The molecule has 0 saturated carbocycles. The molecular formula is C19H23N3O3S. The molecule has 1 aromatic heterocycles. The molecule has 2 rings (SSSR count). The molecular weight excluding hydrogens is 350 g/mol. The van der Waals surface area contributed by atoms with Gasteiger partial charge in [-0.1, -0.05) is 23.8 Å². The molecule has 0 spiro atoms. The van der Waals surface area contributed by atoms with E-state index in [1.165, 1.54) is 22.6 Å². The summed E-state index contributed by atoms with van der Waals surface area (Å²) in [6.45, 7) is 7.16. The summed E-state index contributed by atoms with van der Waals surface area (Å²) < 4.78 is 1.32. The fourth-order valence-electron chi connectivity index (χ4n) is 2.07. The van der Waals surface area contributed by atoms with Crippen LogP contribution in [0.4, 0.5) is 5.69 Å². The normalized spacial score (nSPS) is 11.1. The van der Waals surface area contributed by atoms with E-state index in [1.807, 2.05) is 32.0 Å². The van der Waals surface area contributed by atoms with Crippen LogP contribution in [0, 0.1) is 0 Å². The molecule has 6 nitrogen and oxygen atoms in total. The van der Waals surface area contributed by atoms with Crippen molar-refractivity contribution in [2.75, 3.05) is 11.1 Å². The second-order valence-electron chi connectivity index (χ2n) is 6.58. The largest absolute Gasteiger partial charge is 0.479 e. The maximum Gasteiger partial charge on any atom is 0.331 e. The van der Waals surface area contributed by atoms with Gasteiger partial charge in [-0.3, -0.25) is 9.48 Å². The number of carbonyl (C=O) groups is 2. The molecule has 0 aliphatic carbocycles.